The fourth-order valence-electron chi connectivity index (χ4n) is 3.24. The van der Waals surface area contributed by atoms with Gasteiger partial charge in [-0.15, -0.1) is 0 Å². The summed E-state index contributed by atoms with van der Waals surface area (Å²) in [5, 5.41) is 13.6. The van der Waals surface area contributed by atoms with E-state index in [-0.39, 0.29) is 39.5 Å². The first-order valence-electron chi connectivity index (χ1n) is 8.76. The Hall–Kier alpha value is -2.43. The van der Waals surface area contributed by atoms with Crippen LogP contribution in [0.25, 0.3) is 0 Å². The van der Waals surface area contributed by atoms with Crippen LogP contribution in [0.2, 0.25) is 10.0 Å². The van der Waals surface area contributed by atoms with Crippen molar-refractivity contribution in [3.8, 4) is 0 Å². The lowest BCUT2D eigenvalue weighted by Gasteiger charge is -2.41. The van der Waals surface area contributed by atoms with E-state index >= 15 is 0 Å². The lowest BCUT2D eigenvalue weighted by molar-refractivity contribution is 0.102. The van der Waals surface area contributed by atoms with Crippen molar-refractivity contribution in [2.24, 2.45) is 0 Å². The van der Waals surface area contributed by atoms with Crippen molar-refractivity contribution in [2.45, 2.75) is 19.4 Å². The van der Waals surface area contributed by atoms with Gasteiger partial charge in [-0.05, 0) is 38.1 Å². The van der Waals surface area contributed by atoms with Gasteiger partial charge in [0, 0.05) is 24.0 Å². The Kier molecular flexibility index (Phi) is 5.94. The zero-order chi connectivity index (χ0) is 22.3. The molecule has 1 aromatic heterocycles. The number of nitrogens with one attached hydrogen (secondary N) is 3. The fourth-order valence-corrected chi connectivity index (χ4v) is 5.54. The molecule has 0 aliphatic carbocycles. The van der Waals surface area contributed by atoms with Crippen molar-refractivity contribution in [2.75, 3.05) is 17.6 Å². The van der Waals surface area contributed by atoms with E-state index < -0.39 is 33.0 Å². The van der Waals surface area contributed by atoms with Crippen molar-refractivity contribution in [3.63, 3.8) is 0 Å². The Labute approximate surface area is 182 Å². The van der Waals surface area contributed by atoms with Crippen LogP contribution in [0.15, 0.2) is 30.5 Å². The van der Waals surface area contributed by atoms with E-state index in [1.165, 1.54) is 31.3 Å². The summed E-state index contributed by atoms with van der Waals surface area (Å²) >= 11 is 11.8. The van der Waals surface area contributed by atoms with Gasteiger partial charge in [0.05, 0.1) is 21.3 Å². The molecule has 1 aliphatic rings. The molecule has 12 heteroatoms. The van der Waals surface area contributed by atoms with Gasteiger partial charge in [0.15, 0.2) is 0 Å². The molecule has 1 fully saturated rings. The van der Waals surface area contributed by atoms with Crippen LogP contribution in [0.4, 0.5) is 10.1 Å². The van der Waals surface area contributed by atoms with Crippen molar-refractivity contribution in [3.05, 3.63) is 57.6 Å². The van der Waals surface area contributed by atoms with Crippen molar-refractivity contribution >= 4 is 50.8 Å². The first-order chi connectivity index (χ1) is 14.0. The molecule has 160 valence electrons. The predicted octanol–water partition coefficient (Wildman–Crippen LogP) is 3.18. The summed E-state index contributed by atoms with van der Waals surface area (Å²) in [6.07, 6.45) is 1.27. The van der Waals surface area contributed by atoms with Gasteiger partial charge in [-0.3, -0.25) is 10.2 Å². The third-order valence-electron chi connectivity index (χ3n) is 4.58. The van der Waals surface area contributed by atoms with Gasteiger partial charge in [-0.25, -0.2) is 22.1 Å². The highest BCUT2D eigenvalue weighted by Gasteiger charge is 2.44. The van der Waals surface area contributed by atoms with Crippen LogP contribution in [0, 0.1) is 11.2 Å². The summed E-state index contributed by atoms with van der Waals surface area (Å²) in [4.78, 5) is 16.4. The summed E-state index contributed by atoms with van der Waals surface area (Å²) in [5.41, 5.74) is -1.30. The number of carbonyl (C=O) groups excluding carboxylic acids is 1. The number of amides is 1. The lowest BCUT2D eigenvalue weighted by atomic mass is 9.93. The van der Waals surface area contributed by atoms with Crippen LogP contribution in [-0.4, -0.2) is 41.9 Å². The molecule has 0 spiro atoms. The maximum absolute atomic E-state index is 14.6. The summed E-state index contributed by atoms with van der Waals surface area (Å²) in [6.45, 7) is 3.16. The molecule has 2 aromatic rings. The Balaban J connectivity index is 1.94. The van der Waals surface area contributed by atoms with Crippen molar-refractivity contribution in [1.82, 2.24) is 14.6 Å². The van der Waals surface area contributed by atoms with E-state index in [9.17, 15) is 17.6 Å². The molecular formula is C18H18Cl2FN5O3S. The molecule has 0 radical (unpaired) electrons. The quantitative estimate of drug-likeness (QED) is 0.630. The molecule has 3 rings (SSSR count). The molecule has 3 N–H and O–H groups in total. The summed E-state index contributed by atoms with van der Waals surface area (Å²) < 4.78 is 40.7. The Morgan fingerprint density at radius 2 is 2.10 bits per heavy atom. The molecule has 2 heterocycles. The first-order valence-corrected chi connectivity index (χ1v) is 11.1. The van der Waals surface area contributed by atoms with Gasteiger partial charge in [0.1, 0.15) is 11.5 Å². The number of benzene rings is 1. The molecule has 0 saturated carbocycles. The monoisotopic (exact) mass is 473 g/mol. The van der Waals surface area contributed by atoms with Gasteiger partial charge in [0.25, 0.3) is 5.91 Å². The normalized spacial score (nSPS) is 20.6. The highest BCUT2D eigenvalue weighted by molar-refractivity contribution is 7.89. The molecular weight excluding hydrogens is 456 g/mol. The minimum atomic E-state index is -3.83. The van der Waals surface area contributed by atoms with Crippen molar-refractivity contribution in [1.29, 1.82) is 5.41 Å². The first kappa shape index (κ1) is 22.3. The molecule has 1 amide bonds. The predicted molar refractivity (Wildman–Crippen MR) is 113 cm³/mol. The number of pyridine rings is 1. The number of hydrogen-bond donors (Lipinski definition) is 3. The van der Waals surface area contributed by atoms with E-state index in [2.05, 4.69) is 15.6 Å². The lowest BCUT2D eigenvalue weighted by Crippen LogP contribution is -2.62. The highest BCUT2D eigenvalue weighted by atomic mass is 35.5. The molecule has 1 aromatic carbocycles. The SMILES string of the molecule is CCN1C(=N)N[C@](C)(c2cc(NC(=O)c3ncc(Cl)cc3Cl)ccc2F)CS1(=O)=O. The zero-order valence-corrected chi connectivity index (χ0v) is 18.3. The second kappa shape index (κ2) is 8.01. The van der Waals surface area contributed by atoms with Crippen LogP contribution in [0.1, 0.15) is 29.9 Å². The van der Waals surface area contributed by atoms with Crippen LogP contribution in [-0.2, 0) is 15.6 Å². The van der Waals surface area contributed by atoms with Crippen LogP contribution in [0.3, 0.4) is 0 Å². The third-order valence-corrected chi connectivity index (χ3v) is 7.13. The van der Waals surface area contributed by atoms with Gasteiger partial charge in [-0.1, -0.05) is 23.2 Å². The standard InChI is InChI=1S/C18H18Cl2FN5O3S/c1-3-26-17(22)25-18(2,9-30(26,28)29)12-7-11(4-5-14(12)21)24-16(27)15-13(20)6-10(19)8-23-15/h4-8H,3,9H2,1-2H3,(H2,22,25)(H,24,27)/t18-/m0/s1. The second-order valence-corrected chi connectivity index (χ2v) is 9.60. The maximum atomic E-state index is 14.6. The number of sulfonamides is 1. The van der Waals surface area contributed by atoms with Crippen molar-refractivity contribution < 1.29 is 17.6 Å². The van der Waals surface area contributed by atoms with Gasteiger partial charge < -0.3 is 10.6 Å². The summed E-state index contributed by atoms with van der Waals surface area (Å²) in [5.74, 6) is -2.14. The highest BCUT2D eigenvalue weighted by Crippen LogP contribution is 2.32. The number of aromatic nitrogens is 1. The van der Waals surface area contributed by atoms with E-state index in [4.69, 9.17) is 28.6 Å². The van der Waals surface area contributed by atoms with E-state index in [1.54, 1.807) is 6.92 Å². The van der Waals surface area contributed by atoms with Crippen LogP contribution in [0.5, 0.6) is 0 Å². The molecule has 0 bridgehead atoms. The zero-order valence-electron chi connectivity index (χ0n) is 16.0. The van der Waals surface area contributed by atoms with E-state index in [0.29, 0.717) is 0 Å². The number of rotatable bonds is 4. The molecule has 1 atom stereocenters. The number of anilines is 1. The maximum Gasteiger partial charge on any atom is 0.275 e. The number of halogens is 3. The molecule has 30 heavy (non-hydrogen) atoms. The molecule has 0 unspecified atom stereocenters. The number of carbonyl (C=O) groups is 1. The minimum absolute atomic E-state index is 0.0143. The second-order valence-electron chi connectivity index (χ2n) is 6.86. The van der Waals surface area contributed by atoms with Gasteiger partial charge in [0.2, 0.25) is 16.0 Å². The fraction of sp³-hybridized carbons (Fsp3) is 0.278. The topological polar surface area (TPSA) is 115 Å². The van der Waals surface area contributed by atoms with Crippen LogP contribution >= 0.6 is 23.2 Å². The molecule has 1 aliphatic heterocycles. The molecule has 1 saturated heterocycles. The average molecular weight is 474 g/mol. The van der Waals surface area contributed by atoms with E-state index in [1.807, 2.05) is 0 Å². The number of guanidine groups is 1. The largest absolute Gasteiger partial charge is 0.345 e. The van der Waals surface area contributed by atoms with Gasteiger partial charge >= 0.3 is 0 Å². The summed E-state index contributed by atoms with van der Waals surface area (Å²) in [6, 6.07) is 5.11. The summed E-state index contributed by atoms with van der Waals surface area (Å²) in [7, 11) is -3.83. The Morgan fingerprint density at radius 1 is 1.40 bits per heavy atom. The Bertz CT molecular complexity index is 1140. The minimum Gasteiger partial charge on any atom is -0.345 e. The third kappa shape index (κ3) is 4.21. The Morgan fingerprint density at radius 3 is 2.70 bits per heavy atom. The average Bonchev–Trinajstić information content (AvgIpc) is 2.61. The van der Waals surface area contributed by atoms with Crippen LogP contribution < -0.4 is 10.6 Å². The number of nitrogens with zero attached hydrogens (tertiary/aromatic N) is 2. The smallest absolute Gasteiger partial charge is 0.275 e. The molecule has 8 nitrogen and oxygen atoms in total. The number of hydrogen-bond acceptors (Lipinski definition) is 5. The van der Waals surface area contributed by atoms with Gasteiger partial charge in [-0.2, -0.15) is 0 Å². The van der Waals surface area contributed by atoms with E-state index in [0.717, 1.165) is 10.4 Å².